The molecule has 5 heteroatoms. The summed E-state index contributed by atoms with van der Waals surface area (Å²) in [6.07, 6.45) is 3.28. The van der Waals surface area contributed by atoms with E-state index in [0.29, 0.717) is 24.1 Å². The molecule has 0 aromatic carbocycles. The quantitative estimate of drug-likeness (QED) is 0.811. The van der Waals surface area contributed by atoms with Crippen LogP contribution in [0.15, 0.2) is 4.42 Å². The molecule has 0 aliphatic carbocycles. The molecule has 0 fully saturated rings. The maximum absolute atomic E-state index is 11.8. The Morgan fingerprint density at radius 3 is 2.61 bits per heavy atom. The zero-order valence-electron chi connectivity index (χ0n) is 11.7. The van der Waals surface area contributed by atoms with Crippen molar-refractivity contribution in [3.8, 4) is 0 Å². The van der Waals surface area contributed by atoms with Crippen LogP contribution in [-0.4, -0.2) is 16.1 Å². The molecule has 0 bridgehead atoms. The molecule has 0 radical (unpaired) electrons. The smallest absolute Gasteiger partial charge is 0.238 e. The van der Waals surface area contributed by atoms with Gasteiger partial charge in [-0.3, -0.25) is 4.79 Å². The van der Waals surface area contributed by atoms with Crippen molar-refractivity contribution in [2.45, 2.75) is 59.4 Å². The number of aromatic nitrogens is 2. The first kappa shape index (κ1) is 14.7. The zero-order valence-corrected chi connectivity index (χ0v) is 11.7. The number of amides is 1. The third kappa shape index (κ3) is 4.85. The summed E-state index contributed by atoms with van der Waals surface area (Å²) in [6, 6.07) is -0.171. The van der Waals surface area contributed by atoms with Crippen LogP contribution in [0.4, 0.5) is 0 Å². The maximum Gasteiger partial charge on any atom is 0.238 e. The minimum Gasteiger partial charge on any atom is -0.423 e. The van der Waals surface area contributed by atoms with Gasteiger partial charge in [0.05, 0.1) is 0 Å². The fourth-order valence-electron chi connectivity index (χ4n) is 1.75. The van der Waals surface area contributed by atoms with Crippen molar-refractivity contribution in [3.63, 3.8) is 0 Å². The van der Waals surface area contributed by atoms with E-state index < -0.39 is 0 Å². The average molecular weight is 253 g/mol. The standard InChI is InChI=1S/C13H23N3O2/c1-5-6-7-12(17)14-11(8-9(2)3)13-16-15-10(4)18-13/h9,11H,5-8H2,1-4H3,(H,14,17). The Morgan fingerprint density at radius 1 is 1.39 bits per heavy atom. The van der Waals surface area contributed by atoms with Crippen molar-refractivity contribution in [2.75, 3.05) is 0 Å². The Kier molecular flexibility index (Phi) is 5.82. The Bertz CT molecular complexity index is 374. The summed E-state index contributed by atoms with van der Waals surface area (Å²) >= 11 is 0. The van der Waals surface area contributed by atoms with E-state index in [0.717, 1.165) is 19.3 Å². The van der Waals surface area contributed by atoms with Gasteiger partial charge in [-0.25, -0.2) is 0 Å². The molecule has 1 aromatic heterocycles. The van der Waals surface area contributed by atoms with Crippen LogP contribution in [0.25, 0.3) is 0 Å². The number of aryl methyl sites for hydroxylation is 1. The molecular weight excluding hydrogens is 230 g/mol. The number of carbonyl (C=O) groups is 1. The number of nitrogens with one attached hydrogen (secondary N) is 1. The Morgan fingerprint density at radius 2 is 2.11 bits per heavy atom. The third-order valence-electron chi connectivity index (χ3n) is 2.64. The molecule has 1 heterocycles. The molecule has 1 amide bonds. The van der Waals surface area contributed by atoms with Crippen LogP contribution in [0.2, 0.25) is 0 Å². The van der Waals surface area contributed by atoms with Gasteiger partial charge in [0.2, 0.25) is 17.7 Å². The van der Waals surface area contributed by atoms with Gasteiger partial charge >= 0.3 is 0 Å². The van der Waals surface area contributed by atoms with Gasteiger partial charge in [-0.05, 0) is 18.8 Å². The lowest BCUT2D eigenvalue weighted by atomic mass is 10.0. The topological polar surface area (TPSA) is 68.0 Å². The van der Waals surface area contributed by atoms with Gasteiger partial charge < -0.3 is 9.73 Å². The van der Waals surface area contributed by atoms with Gasteiger partial charge in [0.1, 0.15) is 6.04 Å². The number of unbranched alkanes of at least 4 members (excludes halogenated alkanes) is 1. The average Bonchev–Trinajstić information content (AvgIpc) is 2.71. The van der Waals surface area contributed by atoms with Crippen molar-refractivity contribution in [1.29, 1.82) is 0 Å². The van der Waals surface area contributed by atoms with Crippen LogP contribution in [-0.2, 0) is 4.79 Å². The van der Waals surface area contributed by atoms with Crippen LogP contribution >= 0.6 is 0 Å². The van der Waals surface area contributed by atoms with E-state index in [-0.39, 0.29) is 11.9 Å². The summed E-state index contributed by atoms with van der Waals surface area (Å²) < 4.78 is 5.41. The molecular formula is C13H23N3O2. The summed E-state index contributed by atoms with van der Waals surface area (Å²) in [7, 11) is 0. The van der Waals surface area contributed by atoms with Crippen molar-refractivity contribution in [3.05, 3.63) is 11.8 Å². The number of rotatable bonds is 7. The fourth-order valence-corrected chi connectivity index (χ4v) is 1.75. The molecule has 0 saturated carbocycles. The maximum atomic E-state index is 11.8. The Labute approximate surface area is 108 Å². The van der Waals surface area contributed by atoms with Crippen molar-refractivity contribution >= 4 is 5.91 Å². The van der Waals surface area contributed by atoms with Crippen LogP contribution in [0.1, 0.15) is 64.3 Å². The minimum absolute atomic E-state index is 0.0540. The molecule has 1 unspecified atom stereocenters. The lowest BCUT2D eigenvalue weighted by molar-refractivity contribution is -0.122. The largest absolute Gasteiger partial charge is 0.423 e. The van der Waals surface area contributed by atoms with Gasteiger partial charge in [-0.2, -0.15) is 0 Å². The van der Waals surface area contributed by atoms with Gasteiger partial charge in [0.25, 0.3) is 0 Å². The van der Waals surface area contributed by atoms with Crippen LogP contribution < -0.4 is 5.32 Å². The zero-order chi connectivity index (χ0) is 13.5. The number of hydrogen-bond donors (Lipinski definition) is 1. The van der Waals surface area contributed by atoms with E-state index in [9.17, 15) is 4.79 Å². The molecule has 102 valence electrons. The molecule has 1 rings (SSSR count). The molecule has 0 aliphatic heterocycles. The van der Waals surface area contributed by atoms with Crippen LogP contribution in [0.3, 0.4) is 0 Å². The highest BCUT2D eigenvalue weighted by molar-refractivity contribution is 5.76. The second-order valence-corrected chi connectivity index (χ2v) is 5.01. The van der Waals surface area contributed by atoms with Crippen LogP contribution in [0, 0.1) is 12.8 Å². The SMILES string of the molecule is CCCCC(=O)NC(CC(C)C)c1nnc(C)o1. The third-order valence-corrected chi connectivity index (χ3v) is 2.64. The minimum atomic E-state index is -0.171. The lowest BCUT2D eigenvalue weighted by Gasteiger charge is -2.17. The van der Waals surface area contributed by atoms with E-state index in [4.69, 9.17) is 4.42 Å². The molecule has 1 atom stereocenters. The predicted molar refractivity (Wildman–Crippen MR) is 68.9 cm³/mol. The van der Waals surface area contributed by atoms with E-state index in [1.54, 1.807) is 6.92 Å². The Balaban J connectivity index is 2.64. The highest BCUT2D eigenvalue weighted by Crippen LogP contribution is 2.20. The van der Waals surface area contributed by atoms with Crippen molar-refractivity contribution < 1.29 is 9.21 Å². The highest BCUT2D eigenvalue weighted by Gasteiger charge is 2.21. The van der Waals surface area contributed by atoms with E-state index in [1.165, 1.54) is 0 Å². The van der Waals surface area contributed by atoms with Gasteiger partial charge in [0, 0.05) is 13.3 Å². The van der Waals surface area contributed by atoms with Crippen molar-refractivity contribution in [1.82, 2.24) is 15.5 Å². The number of carbonyl (C=O) groups excluding carboxylic acids is 1. The second kappa shape index (κ2) is 7.13. The fraction of sp³-hybridized carbons (Fsp3) is 0.769. The first-order chi connectivity index (χ1) is 8.52. The van der Waals surface area contributed by atoms with E-state index in [1.807, 2.05) is 0 Å². The van der Waals surface area contributed by atoms with Crippen LogP contribution in [0.5, 0.6) is 0 Å². The highest BCUT2D eigenvalue weighted by atomic mass is 16.4. The second-order valence-electron chi connectivity index (χ2n) is 5.01. The first-order valence-corrected chi connectivity index (χ1v) is 6.62. The van der Waals surface area contributed by atoms with Gasteiger partial charge in [0.15, 0.2) is 0 Å². The monoisotopic (exact) mass is 253 g/mol. The molecule has 1 N–H and O–H groups in total. The number of hydrogen-bond acceptors (Lipinski definition) is 4. The van der Waals surface area contributed by atoms with Gasteiger partial charge in [-0.15, -0.1) is 10.2 Å². The molecule has 0 saturated heterocycles. The summed E-state index contributed by atoms with van der Waals surface area (Å²) in [5, 5.41) is 10.8. The van der Waals surface area contributed by atoms with E-state index in [2.05, 4.69) is 36.3 Å². The summed E-state index contributed by atoms with van der Waals surface area (Å²) in [4.78, 5) is 11.8. The normalized spacial score (nSPS) is 12.7. The van der Waals surface area contributed by atoms with Gasteiger partial charge in [-0.1, -0.05) is 27.2 Å². The number of nitrogens with zero attached hydrogens (tertiary/aromatic N) is 2. The van der Waals surface area contributed by atoms with E-state index >= 15 is 0 Å². The molecule has 0 aliphatic rings. The summed E-state index contributed by atoms with van der Waals surface area (Å²) in [6.45, 7) is 8.03. The van der Waals surface area contributed by atoms with Crippen molar-refractivity contribution in [2.24, 2.45) is 5.92 Å². The molecule has 1 aromatic rings. The lowest BCUT2D eigenvalue weighted by Crippen LogP contribution is -2.29. The molecule has 5 nitrogen and oxygen atoms in total. The predicted octanol–water partition coefficient (Wildman–Crippen LogP) is 2.77. The summed E-state index contributed by atoms with van der Waals surface area (Å²) in [5.41, 5.74) is 0. The molecule has 18 heavy (non-hydrogen) atoms. The Hall–Kier alpha value is -1.39. The summed E-state index contributed by atoms with van der Waals surface area (Å²) in [5.74, 6) is 1.54. The molecule has 0 spiro atoms. The first-order valence-electron chi connectivity index (χ1n) is 6.62.